The number of piperidine rings is 1. The number of nitrogens with zero attached hydrogens (tertiary/aromatic N) is 3. The molecule has 0 bridgehead atoms. The molecule has 0 radical (unpaired) electrons. The van der Waals surface area contributed by atoms with E-state index in [2.05, 4.69) is 16.0 Å². The molecule has 1 atom stereocenters. The Kier molecular flexibility index (Phi) is 3.37. The van der Waals surface area contributed by atoms with E-state index in [9.17, 15) is 0 Å². The van der Waals surface area contributed by atoms with Crippen molar-refractivity contribution in [3.63, 3.8) is 0 Å². The molecule has 1 aromatic rings. The van der Waals surface area contributed by atoms with E-state index in [0.29, 0.717) is 18.3 Å². The van der Waals surface area contributed by atoms with Gasteiger partial charge in [0.2, 0.25) is 0 Å². The Morgan fingerprint density at radius 3 is 3.19 bits per heavy atom. The summed E-state index contributed by atoms with van der Waals surface area (Å²) in [5.41, 5.74) is 7.32. The van der Waals surface area contributed by atoms with E-state index >= 15 is 0 Å². The third-order valence-electron chi connectivity index (χ3n) is 3.09. The van der Waals surface area contributed by atoms with Gasteiger partial charge in [0.05, 0.1) is 0 Å². The largest absolute Gasteiger partial charge is 0.367 e. The van der Waals surface area contributed by atoms with E-state index < -0.39 is 0 Å². The molecule has 2 N–H and O–H groups in total. The van der Waals surface area contributed by atoms with E-state index in [1.807, 2.05) is 12.1 Å². The zero-order valence-corrected chi connectivity index (χ0v) is 9.26. The third kappa shape index (κ3) is 2.15. The molecule has 1 unspecified atom stereocenters. The maximum Gasteiger partial charge on any atom is 0.142 e. The van der Waals surface area contributed by atoms with Gasteiger partial charge in [0.25, 0.3) is 0 Å². The molecule has 1 fully saturated rings. The fourth-order valence-corrected chi connectivity index (χ4v) is 2.24. The number of anilines is 1. The normalized spacial score (nSPS) is 20.5. The van der Waals surface area contributed by atoms with Crippen molar-refractivity contribution in [2.45, 2.75) is 25.3 Å². The Labute approximate surface area is 95.7 Å². The smallest absolute Gasteiger partial charge is 0.142 e. The van der Waals surface area contributed by atoms with Crippen LogP contribution in [0.15, 0.2) is 18.3 Å². The summed E-state index contributed by atoms with van der Waals surface area (Å²) in [4.78, 5) is 6.28. The quantitative estimate of drug-likeness (QED) is 0.808. The van der Waals surface area contributed by atoms with Gasteiger partial charge in [-0.2, -0.15) is 5.26 Å². The van der Waals surface area contributed by atoms with Crippen LogP contribution in [0.4, 0.5) is 5.69 Å². The number of rotatable bonds is 2. The molecule has 16 heavy (non-hydrogen) atoms. The summed E-state index contributed by atoms with van der Waals surface area (Å²) in [6, 6.07) is 6.27. The standard InChI is InChI=1S/C12H16N4/c13-8-10-7-11(4-5-15-10)16-6-2-1-3-12(16)9-14/h4-5,7,12H,1-3,6,9,14H2. The molecular formula is C12H16N4. The van der Waals surface area contributed by atoms with Gasteiger partial charge in [0.15, 0.2) is 0 Å². The second-order valence-corrected chi connectivity index (χ2v) is 4.09. The van der Waals surface area contributed by atoms with E-state index in [1.54, 1.807) is 6.20 Å². The topological polar surface area (TPSA) is 65.9 Å². The predicted octanol–water partition coefficient (Wildman–Crippen LogP) is 1.27. The number of hydrogen-bond acceptors (Lipinski definition) is 4. The van der Waals surface area contributed by atoms with Crippen molar-refractivity contribution in [1.29, 1.82) is 5.26 Å². The van der Waals surface area contributed by atoms with Gasteiger partial charge in [0.1, 0.15) is 11.8 Å². The van der Waals surface area contributed by atoms with Gasteiger partial charge in [-0.05, 0) is 31.4 Å². The van der Waals surface area contributed by atoms with Crippen LogP contribution in [0.2, 0.25) is 0 Å². The molecule has 2 heterocycles. The molecule has 0 aliphatic carbocycles. The first-order valence-corrected chi connectivity index (χ1v) is 5.68. The van der Waals surface area contributed by atoms with Crippen LogP contribution in [-0.2, 0) is 0 Å². The molecule has 84 valence electrons. The number of nitrogens with two attached hydrogens (primary N) is 1. The van der Waals surface area contributed by atoms with Crippen LogP contribution in [0.5, 0.6) is 0 Å². The lowest BCUT2D eigenvalue weighted by Crippen LogP contribution is -2.44. The summed E-state index contributed by atoms with van der Waals surface area (Å²) >= 11 is 0. The van der Waals surface area contributed by atoms with Gasteiger partial charge in [-0.3, -0.25) is 0 Å². The van der Waals surface area contributed by atoms with Crippen molar-refractivity contribution in [1.82, 2.24) is 4.98 Å². The second-order valence-electron chi connectivity index (χ2n) is 4.09. The minimum Gasteiger partial charge on any atom is -0.367 e. The van der Waals surface area contributed by atoms with E-state index in [-0.39, 0.29) is 0 Å². The van der Waals surface area contributed by atoms with Crippen LogP contribution < -0.4 is 10.6 Å². The van der Waals surface area contributed by atoms with E-state index in [0.717, 1.165) is 18.7 Å². The molecule has 1 aliphatic heterocycles. The first-order chi connectivity index (χ1) is 7.85. The molecule has 1 aliphatic rings. The average molecular weight is 216 g/mol. The summed E-state index contributed by atoms with van der Waals surface area (Å²) in [7, 11) is 0. The number of pyridine rings is 1. The SMILES string of the molecule is N#Cc1cc(N2CCCCC2CN)ccn1. The first-order valence-electron chi connectivity index (χ1n) is 5.68. The van der Waals surface area contributed by atoms with E-state index in [4.69, 9.17) is 11.0 Å². The van der Waals surface area contributed by atoms with Gasteiger partial charge in [-0.15, -0.1) is 0 Å². The highest BCUT2D eigenvalue weighted by Gasteiger charge is 2.21. The van der Waals surface area contributed by atoms with Gasteiger partial charge in [0, 0.05) is 31.0 Å². The molecule has 4 heteroatoms. The molecule has 1 aromatic heterocycles. The van der Waals surface area contributed by atoms with Crippen molar-refractivity contribution >= 4 is 5.69 Å². The minimum atomic E-state index is 0.405. The zero-order chi connectivity index (χ0) is 11.4. The first kappa shape index (κ1) is 10.9. The third-order valence-corrected chi connectivity index (χ3v) is 3.09. The number of aromatic nitrogens is 1. The van der Waals surface area contributed by atoms with E-state index in [1.165, 1.54) is 12.8 Å². The van der Waals surface area contributed by atoms with Crippen LogP contribution in [0.1, 0.15) is 25.0 Å². The van der Waals surface area contributed by atoms with Crippen molar-refractivity contribution in [3.05, 3.63) is 24.0 Å². The lowest BCUT2D eigenvalue weighted by Gasteiger charge is -2.36. The Balaban J connectivity index is 2.24. The number of hydrogen-bond donors (Lipinski definition) is 1. The monoisotopic (exact) mass is 216 g/mol. The Hall–Kier alpha value is -1.60. The van der Waals surface area contributed by atoms with Crippen LogP contribution in [0.3, 0.4) is 0 Å². The van der Waals surface area contributed by atoms with Gasteiger partial charge in [-0.25, -0.2) is 4.98 Å². The molecule has 1 saturated heterocycles. The molecule has 0 amide bonds. The molecule has 4 nitrogen and oxygen atoms in total. The summed E-state index contributed by atoms with van der Waals surface area (Å²) < 4.78 is 0. The Bertz CT molecular complexity index is 396. The van der Waals surface area contributed by atoms with Crippen LogP contribution >= 0.6 is 0 Å². The summed E-state index contributed by atoms with van der Waals surface area (Å²) in [5.74, 6) is 0. The predicted molar refractivity (Wildman–Crippen MR) is 63.0 cm³/mol. The lowest BCUT2D eigenvalue weighted by molar-refractivity contribution is 0.465. The summed E-state index contributed by atoms with van der Waals surface area (Å²) in [6.07, 6.45) is 5.27. The molecule has 0 aromatic carbocycles. The zero-order valence-electron chi connectivity index (χ0n) is 9.26. The van der Waals surface area contributed by atoms with Crippen LogP contribution in [-0.4, -0.2) is 24.1 Å². The molecule has 0 saturated carbocycles. The van der Waals surface area contributed by atoms with Crippen molar-refractivity contribution < 1.29 is 0 Å². The number of nitriles is 1. The molecule has 0 spiro atoms. The minimum absolute atomic E-state index is 0.405. The molecule has 2 rings (SSSR count). The van der Waals surface area contributed by atoms with Crippen LogP contribution in [0, 0.1) is 11.3 Å². The van der Waals surface area contributed by atoms with Gasteiger partial charge < -0.3 is 10.6 Å². The van der Waals surface area contributed by atoms with Crippen molar-refractivity contribution in [3.8, 4) is 6.07 Å². The Morgan fingerprint density at radius 2 is 2.44 bits per heavy atom. The van der Waals surface area contributed by atoms with Crippen molar-refractivity contribution in [2.75, 3.05) is 18.0 Å². The van der Waals surface area contributed by atoms with Crippen molar-refractivity contribution in [2.24, 2.45) is 5.73 Å². The lowest BCUT2D eigenvalue weighted by atomic mass is 10.0. The average Bonchev–Trinajstić information content (AvgIpc) is 2.38. The summed E-state index contributed by atoms with van der Waals surface area (Å²) in [5, 5.41) is 8.83. The van der Waals surface area contributed by atoms with Gasteiger partial charge >= 0.3 is 0 Å². The highest BCUT2D eigenvalue weighted by Crippen LogP contribution is 2.24. The highest BCUT2D eigenvalue weighted by molar-refractivity contribution is 5.50. The highest BCUT2D eigenvalue weighted by atomic mass is 15.2. The van der Waals surface area contributed by atoms with Crippen LogP contribution in [0.25, 0.3) is 0 Å². The fourth-order valence-electron chi connectivity index (χ4n) is 2.24. The maximum atomic E-state index is 8.83. The Morgan fingerprint density at radius 1 is 1.56 bits per heavy atom. The maximum absolute atomic E-state index is 8.83. The van der Waals surface area contributed by atoms with Gasteiger partial charge in [-0.1, -0.05) is 0 Å². The second kappa shape index (κ2) is 4.95. The summed E-state index contributed by atoms with van der Waals surface area (Å²) in [6.45, 7) is 1.70. The molecular weight excluding hydrogens is 200 g/mol. The fraction of sp³-hybridized carbons (Fsp3) is 0.500.